The molecule has 0 bridgehead atoms. The van der Waals surface area contributed by atoms with Crippen LogP contribution in [0.4, 0.5) is 0 Å². The molecule has 0 aromatic heterocycles. The fourth-order valence-electron chi connectivity index (χ4n) is 2.35. The summed E-state index contributed by atoms with van der Waals surface area (Å²) in [5, 5.41) is 3.65. The number of rotatable bonds is 2. The van der Waals surface area contributed by atoms with Gasteiger partial charge in [0.15, 0.2) is 0 Å². The molecule has 1 atom stereocenters. The number of nitrogens with one attached hydrogen (secondary N) is 1. The molecular weight excluding hydrogens is 176 g/mol. The van der Waals surface area contributed by atoms with Crippen LogP contribution in [0.2, 0.25) is 0 Å². The third-order valence-electron chi connectivity index (χ3n) is 3.24. The number of hydrogen-bond acceptors (Lipinski definition) is 3. The highest BCUT2D eigenvalue weighted by atomic mass is 16.5. The fourth-order valence-corrected chi connectivity index (χ4v) is 2.35. The van der Waals surface area contributed by atoms with Crippen molar-refractivity contribution in [1.82, 2.24) is 10.2 Å². The summed E-state index contributed by atoms with van der Waals surface area (Å²) in [5.41, 5.74) is 0. The number of ether oxygens (including phenoxy) is 1. The van der Waals surface area contributed by atoms with Gasteiger partial charge in [0.05, 0.1) is 13.2 Å². The molecule has 2 saturated heterocycles. The monoisotopic (exact) mass is 198 g/mol. The SMILES string of the molecule is C1CCNC(CN2CCOCC2)CC1. The Balaban J connectivity index is 1.71. The molecule has 0 radical (unpaired) electrons. The average Bonchev–Trinajstić information content (AvgIpc) is 2.48. The molecule has 1 N–H and O–H groups in total. The Kier molecular flexibility index (Phi) is 4.22. The lowest BCUT2D eigenvalue weighted by Gasteiger charge is -2.30. The highest BCUT2D eigenvalue weighted by Crippen LogP contribution is 2.10. The van der Waals surface area contributed by atoms with E-state index in [1.165, 1.54) is 38.8 Å². The van der Waals surface area contributed by atoms with Crippen molar-refractivity contribution < 1.29 is 4.74 Å². The lowest BCUT2D eigenvalue weighted by molar-refractivity contribution is 0.0333. The molecule has 3 heteroatoms. The van der Waals surface area contributed by atoms with Gasteiger partial charge in [-0.15, -0.1) is 0 Å². The maximum absolute atomic E-state index is 5.35. The molecule has 0 spiro atoms. The average molecular weight is 198 g/mol. The van der Waals surface area contributed by atoms with Crippen LogP contribution in [0.5, 0.6) is 0 Å². The predicted octanol–water partition coefficient (Wildman–Crippen LogP) is 0.851. The van der Waals surface area contributed by atoms with Gasteiger partial charge >= 0.3 is 0 Å². The summed E-state index contributed by atoms with van der Waals surface area (Å²) in [4.78, 5) is 2.53. The molecule has 0 aromatic carbocycles. The fraction of sp³-hybridized carbons (Fsp3) is 1.00. The summed E-state index contributed by atoms with van der Waals surface area (Å²) in [6.07, 6.45) is 5.53. The molecule has 2 aliphatic rings. The second-order valence-electron chi connectivity index (χ2n) is 4.41. The summed E-state index contributed by atoms with van der Waals surface area (Å²) in [6.45, 7) is 6.54. The highest BCUT2D eigenvalue weighted by molar-refractivity contribution is 4.75. The summed E-state index contributed by atoms with van der Waals surface area (Å²) in [5.74, 6) is 0. The molecule has 1 unspecified atom stereocenters. The molecule has 2 rings (SSSR count). The minimum atomic E-state index is 0.732. The molecule has 0 saturated carbocycles. The summed E-state index contributed by atoms with van der Waals surface area (Å²) in [6, 6.07) is 0.732. The molecular formula is C11H22N2O. The van der Waals surface area contributed by atoms with Crippen LogP contribution >= 0.6 is 0 Å². The third kappa shape index (κ3) is 3.23. The van der Waals surface area contributed by atoms with E-state index in [0.717, 1.165) is 32.3 Å². The first-order valence-electron chi connectivity index (χ1n) is 5.98. The van der Waals surface area contributed by atoms with Crippen molar-refractivity contribution in [3.05, 3.63) is 0 Å². The van der Waals surface area contributed by atoms with Gasteiger partial charge in [0.2, 0.25) is 0 Å². The molecule has 2 heterocycles. The molecule has 0 amide bonds. The minimum absolute atomic E-state index is 0.732. The van der Waals surface area contributed by atoms with Crippen LogP contribution in [-0.2, 0) is 4.74 Å². The number of nitrogens with zero attached hydrogens (tertiary/aromatic N) is 1. The Bertz CT molecular complexity index is 149. The lowest BCUT2D eigenvalue weighted by atomic mass is 10.1. The normalized spacial score (nSPS) is 31.3. The van der Waals surface area contributed by atoms with E-state index in [1.807, 2.05) is 0 Å². The summed E-state index contributed by atoms with van der Waals surface area (Å²) < 4.78 is 5.35. The predicted molar refractivity (Wildman–Crippen MR) is 57.5 cm³/mol. The summed E-state index contributed by atoms with van der Waals surface area (Å²) >= 11 is 0. The van der Waals surface area contributed by atoms with Crippen molar-refractivity contribution in [3.8, 4) is 0 Å². The molecule has 0 aromatic rings. The van der Waals surface area contributed by atoms with Crippen molar-refractivity contribution in [3.63, 3.8) is 0 Å². The quantitative estimate of drug-likeness (QED) is 0.712. The van der Waals surface area contributed by atoms with Crippen molar-refractivity contribution in [2.45, 2.75) is 31.7 Å². The van der Waals surface area contributed by atoms with Crippen molar-refractivity contribution in [2.24, 2.45) is 0 Å². The van der Waals surface area contributed by atoms with Gasteiger partial charge in [-0.2, -0.15) is 0 Å². The van der Waals surface area contributed by atoms with Crippen molar-refractivity contribution >= 4 is 0 Å². The van der Waals surface area contributed by atoms with E-state index in [9.17, 15) is 0 Å². The molecule has 2 fully saturated rings. The van der Waals surface area contributed by atoms with E-state index in [0.29, 0.717) is 0 Å². The van der Waals surface area contributed by atoms with Gasteiger partial charge in [-0.1, -0.05) is 12.8 Å². The lowest BCUT2D eigenvalue weighted by Crippen LogP contribution is -2.45. The maximum atomic E-state index is 5.35. The van der Waals surface area contributed by atoms with Crippen LogP contribution in [0, 0.1) is 0 Å². The van der Waals surface area contributed by atoms with Crippen LogP contribution < -0.4 is 5.32 Å². The summed E-state index contributed by atoms with van der Waals surface area (Å²) in [7, 11) is 0. The van der Waals surface area contributed by atoms with E-state index in [4.69, 9.17) is 4.74 Å². The third-order valence-corrected chi connectivity index (χ3v) is 3.24. The largest absolute Gasteiger partial charge is 0.379 e. The van der Waals surface area contributed by atoms with Gasteiger partial charge in [0.1, 0.15) is 0 Å². The van der Waals surface area contributed by atoms with Gasteiger partial charge in [-0.05, 0) is 19.4 Å². The Morgan fingerprint density at radius 1 is 1.14 bits per heavy atom. The highest BCUT2D eigenvalue weighted by Gasteiger charge is 2.17. The Labute approximate surface area is 86.8 Å². The van der Waals surface area contributed by atoms with Gasteiger partial charge < -0.3 is 10.1 Å². The van der Waals surface area contributed by atoms with Gasteiger partial charge in [-0.25, -0.2) is 0 Å². The van der Waals surface area contributed by atoms with Crippen LogP contribution in [0.3, 0.4) is 0 Å². The topological polar surface area (TPSA) is 24.5 Å². The van der Waals surface area contributed by atoms with Gasteiger partial charge in [0.25, 0.3) is 0 Å². The first-order valence-corrected chi connectivity index (χ1v) is 5.98. The first kappa shape index (κ1) is 10.4. The zero-order valence-corrected chi connectivity index (χ0v) is 9.00. The molecule has 0 aliphatic carbocycles. The van der Waals surface area contributed by atoms with Crippen LogP contribution in [0.15, 0.2) is 0 Å². The van der Waals surface area contributed by atoms with E-state index >= 15 is 0 Å². The van der Waals surface area contributed by atoms with E-state index in [1.54, 1.807) is 0 Å². The first-order chi connectivity index (χ1) is 6.95. The Morgan fingerprint density at radius 2 is 2.00 bits per heavy atom. The van der Waals surface area contributed by atoms with Gasteiger partial charge in [-0.3, -0.25) is 4.90 Å². The maximum Gasteiger partial charge on any atom is 0.0594 e. The number of hydrogen-bond donors (Lipinski definition) is 1. The molecule has 14 heavy (non-hydrogen) atoms. The van der Waals surface area contributed by atoms with Crippen LogP contribution in [0.25, 0.3) is 0 Å². The second kappa shape index (κ2) is 5.69. The minimum Gasteiger partial charge on any atom is -0.379 e. The van der Waals surface area contributed by atoms with E-state index < -0.39 is 0 Å². The molecule has 3 nitrogen and oxygen atoms in total. The Morgan fingerprint density at radius 3 is 2.86 bits per heavy atom. The smallest absolute Gasteiger partial charge is 0.0594 e. The van der Waals surface area contributed by atoms with Crippen molar-refractivity contribution in [2.75, 3.05) is 39.4 Å². The number of morpholine rings is 1. The standard InChI is InChI=1S/C11H22N2O/c1-2-4-11(12-5-3-1)10-13-6-8-14-9-7-13/h11-12H,1-10H2. The van der Waals surface area contributed by atoms with Crippen LogP contribution in [0.1, 0.15) is 25.7 Å². The zero-order valence-electron chi connectivity index (χ0n) is 9.00. The Hall–Kier alpha value is -0.120. The zero-order chi connectivity index (χ0) is 9.64. The van der Waals surface area contributed by atoms with Gasteiger partial charge in [0, 0.05) is 25.7 Å². The molecule has 82 valence electrons. The molecule has 2 aliphatic heterocycles. The van der Waals surface area contributed by atoms with E-state index in [2.05, 4.69) is 10.2 Å². The van der Waals surface area contributed by atoms with Crippen LogP contribution in [-0.4, -0.2) is 50.3 Å². The van der Waals surface area contributed by atoms with Crippen molar-refractivity contribution in [1.29, 1.82) is 0 Å². The second-order valence-corrected chi connectivity index (χ2v) is 4.41. The van der Waals surface area contributed by atoms with E-state index in [-0.39, 0.29) is 0 Å².